The number of nitro groups is 1. The van der Waals surface area contributed by atoms with E-state index in [2.05, 4.69) is 0 Å². The van der Waals surface area contributed by atoms with Crippen LogP contribution < -0.4 is 4.74 Å². The molecule has 1 heterocycles. The third-order valence-electron chi connectivity index (χ3n) is 5.39. The molecule has 0 N–H and O–H groups in total. The predicted molar refractivity (Wildman–Crippen MR) is 123 cm³/mol. The Morgan fingerprint density at radius 3 is 2.09 bits per heavy atom. The van der Waals surface area contributed by atoms with Gasteiger partial charge < -0.3 is 14.5 Å². The second-order valence-electron chi connectivity index (χ2n) is 7.56. The Morgan fingerprint density at radius 1 is 0.882 bits per heavy atom. The van der Waals surface area contributed by atoms with Gasteiger partial charge in [0, 0.05) is 38.3 Å². The highest BCUT2D eigenvalue weighted by molar-refractivity contribution is 6.33. The van der Waals surface area contributed by atoms with Crippen LogP contribution in [0.1, 0.15) is 20.7 Å². The van der Waals surface area contributed by atoms with E-state index >= 15 is 0 Å². The standard InChI is InChI=1S/C24H19ClFN3O5/c25-21-14-16(26)6-8-19(21)23(30)27-10-12-28(13-11-27)24(31)20-15-17(29(32)33)7-9-22(20)34-18-4-2-1-3-5-18/h1-9,14-15H,10-13H2. The molecule has 8 nitrogen and oxygen atoms in total. The molecule has 0 saturated carbocycles. The number of ether oxygens (including phenoxy) is 1. The number of nitro benzene ring substituents is 1. The van der Waals surface area contributed by atoms with Crippen molar-refractivity contribution in [2.24, 2.45) is 0 Å². The van der Waals surface area contributed by atoms with Gasteiger partial charge in [-0.05, 0) is 36.4 Å². The lowest BCUT2D eigenvalue weighted by molar-refractivity contribution is -0.384. The Balaban J connectivity index is 1.51. The first-order valence-electron chi connectivity index (χ1n) is 10.4. The molecule has 3 aromatic rings. The lowest BCUT2D eigenvalue weighted by Crippen LogP contribution is -2.50. The van der Waals surface area contributed by atoms with Crippen molar-refractivity contribution in [1.82, 2.24) is 9.80 Å². The molecule has 1 aliphatic heterocycles. The molecule has 0 unspecified atom stereocenters. The summed E-state index contributed by atoms with van der Waals surface area (Å²) in [5.74, 6) is -0.667. The molecule has 0 radical (unpaired) electrons. The number of amides is 2. The molecule has 4 rings (SSSR count). The SMILES string of the molecule is O=C(c1ccc(F)cc1Cl)N1CCN(C(=O)c2cc([N+](=O)[O-])ccc2Oc2ccccc2)CC1. The lowest BCUT2D eigenvalue weighted by Gasteiger charge is -2.35. The molecule has 1 fully saturated rings. The van der Waals surface area contributed by atoms with E-state index in [9.17, 15) is 24.1 Å². The van der Waals surface area contributed by atoms with Crippen LogP contribution in [0.2, 0.25) is 5.02 Å². The summed E-state index contributed by atoms with van der Waals surface area (Å²) in [6.07, 6.45) is 0. The minimum absolute atomic E-state index is 0.0165. The zero-order valence-corrected chi connectivity index (χ0v) is 18.6. The van der Waals surface area contributed by atoms with Crippen molar-refractivity contribution in [2.45, 2.75) is 0 Å². The Morgan fingerprint density at radius 2 is 1.50 bits per heavy atom. The second kappa shape index (κ2) is 9.88. The quantitative estimate of drug-likeness (QED) is 0.384. The molecule has 0 bridgehead atoms. The first-order chi connectivity index (χ1) is 16.3. The Kier molecular flexibility index (Phi) is 6.74. The molecule has 1 aliphatic rings. The third kappa shape index (κ3) is 4.99. The number of hydrogen-bond donors (Lipinski definition) is 0. The maximum absolute atomic E-state index is 13.3. The molecule has 0 aliphatic carbocycles. The smallest absolute Gasteiger partial charge is 0.270 e. The summed E-state index contributed by atoms with van der Waals surface area (Å²) in [5.41, 5.74) is 0.00279. The molecule has 0 atom stereocenters. The summed E-state index contributed by atoms with van der Waals surface area (Å²) >= 11 is 6.01. The molecule has 174 valence electrons. The molecule has 34 heavy (non-hydrogen) atoms. The zero-order chi connectivity index (χ0) is 24.2. The predicted octanol–water partition coefficient (Wildman–Crippen LogP) is 4.78. The highest BCUT2D eigenvalue weighted by Crippen LogP contribution is 2.30. The maximum Gasteiger partial charge on any atom is 0.270 e. The van der Waals surface area contributed by atoms with Gasteiger partial charge in [0.2, 0.25) is 0 Å². The summed E-state index contributed by atoms with van der Waals surface area (Å²) in [6, 6.07) is 16.2. The van der Waals surface area contributed by atoms with Crippen molar-refractivity contribution in [1.29, 1.82) is 0 Å². The van der Waals surface area contributed by atoms with Crippen molar-refractivity contribution in [3.8, 4) is 11.5 Å². The van der Waals surface area contributed by atoms with Gasteiger partial charge in [-0.1, -0.05) is 29.8 Å². The summed E-state index contributed by atoms with van der Waals surface area (Å²) in [5, 5.41) is 11.3. The normalized spacial score (nSPS) is 13.5. The summed E-state index contributed by atoms with van der Waals surface area (Å²) < 4.78 is 19.1. The molecule has 0 spiro atoms. The van der Waals surface area contributed by atoms with Crippen molar-refractivity contribution in [3.63, 3.8) is 0 Å². The van der Waals surface area contributed by atoms with Gasteiger partial charge in [0.25, 0.3) is 17.5 Å². The number of carbonyl (C=O) groups is 2. The van der Waals surface area contributed by atoms with Crippen LogP contribution in [0.3, 0.4) is 0 Å². The minimum atomic E-state index is -0.577. The second-order valence-corrected chi connectivity index (χ2v) is 7.97. The van der Waals surface area contributed by atoms with Gasteiger partial charge >= 0.3 is 0 Å². The van der Waals surface area contributed by atoms with Gasteiger partial charge in [-0.2, -0.15) is 0 Å². The van der Waals surface area contributed by atoms with Crippen LogP contribution in [0.4, 0.5) is 10.1 Å². The molecular weight excluding hydrogens is 465 g/mol. The van der Waals surface area contributed by atoms with E-state index in [0.29, 0.717) is 5.75 Å². The first kappa shape index (κ1) is 23.2. The summed E-state index contributed by atoms with van der Waals surface area (Å²) in [7, 11) is 0. The molecule has 1 saturated heterocycles. The van der Waals surface area contributed by atoms with Gasteiger partial charge in [-0.15, -0.1) is 0 Å². The summed E-state index contributed by atoms with van der Waals surface area (Å²) in [4.78, 5) is 39.8. The van der Waals surface area contributed by atoms with Crippen molar-refractivity contribution < 1.29 is 23.6 Å². The number of halogens is 2. The van der Waals surface area contributed by atoms with Crippen LogP contribution in [0.25, 0.3) is 0 Å². The third-order valence-corrected chi connectivity index (χ3v) is 5.70. The molecule has 2 amide bonds. The first-order valence-corrected chi connectivity index (χ1v) is 10.8. The Labute approximate surface area is 199 Å². The van der Waals surface area contributed by atoms with Crippen LogP contribution in [0, 0.1) is 15.9 Å². The Hall–Kier alpha value is -3.98. The van der Waals surface area contributed by atoms with Crippen LogP contribution in [-0.4, -0.2) is 52.7 Å². The van der Waals surface area contributed by atoms with Gasteiger partial charge in [-0.3, -0.25) is 19.7 Å². The molecule has 0 aromatic heterocycles. The van der Waals surface area contributed by atoms with Crippen LogP contribution in [0.15, 0.2) is 66.7 Å². The van der Waals surface area contributed by atoms with Gasteiger partial charge in [0.05, 0.1) is 21.1 Å². The van der Waals surface area contributed by atoms with Crippen LogP contribution in [-0.2, 0) is 0 Å². The average molecular weight is 484 g/mol. The number of para-hydroxylation sites is 1. The van der Waals surface area contributed by atoms with E-state index in [1.807, 2.05) is 6.07 Å². The van der Waals surface area contributed by atoms with Crippen LogP contribution in [0.5, 0.6) is 11.5 Å². The summed E-state index contributed by atoms with van der Waals surface area (Å²) in [6.45, 7) is 0.859. The van der Waals surface area contributed by atoms with Crippen LogP contribution >= 0.6 is 11.6 Å². The van der Waals surface area contributed by atoms with Gasteiger partial charge in [0.1, 0.15) is 17.3 Å². The monoisotopic (exact) mass is 483 g/mol. The number of benzene rings is 3. The fourth-order valence-electron chi connectivity index (χ4n) is 3.62. The number of non-ortho nitro benzene ring substituents is 1. The molecular formula is C24H19ClFN3O5. The van der Waals surface area contributed by atoms with E-state index < -0.39 is 16.6 Å². The zero-order valence-electron chi connectivity index (χ0n) is 17.8. The fourth-order valence-corrected chi connectivity index (χ4v) is 3.87. The van der Waals surface area contributed by atoms with E-state index in [0.717, 1.165) is 12.1 Å². The Bertz CT molecular complexity index is 1250. The average Bonchev–Trinajstić information content (AvgIpc) is 2.84. The van der Waals surface area contributed by atoms with E-state index in [4.69, 9.17) is 16.3 Å². The molecule has 3 aromatic carbocycles. The van der Waals surface area contributed by atoms with E-state index in [1.54, 1.807) is 24.3 Å². The lowest BCUT2D eigenvalue weighted by atomic mass is 10.1. The number of rotatable bonds is 5. The van der Waals surface area contributed by atoms with E-state index in [1.165, 1.54) is 34.1 Å². The van der Waals surface area contributed by atoms with Gasteiger partial charge in [-0.25, -0.2) is 4.39 Å². The molecule has 10 heteroatoms. The highest BCUT2D eigenvalue weighted by atomic mass is 35.5. The number of hydrogen-bond acceptors (Lipinski definition) is 5. The van der Waals surface area contributed by atoms with Crippen molar-refractivity contribution >= 4 is 29.1 Å². The number of carbonyl (C=O) groups excluding carboxylic acids is 2. The number of piperazine rings is 1. The topological polar surface area (TPSA) is 93.0 Å². The van der Waals surface area contributed by atoms with Crippen molar-refractivity contribution in [3.05, 3.63) is 98.8 Å². The van der Waals surface area contributed by atoms with Crippen molar-refractivity contribution in [2.75, 3.05) is 26.2 Å². The fraction of sp³-hybridized carbons (Fsp3) is 0.167. The van der Waals surface area contributed by atoms with Gasteiger partial charge in [0.15, 0.2) is 0 Å². The highest BCUT2D eigenvalue weighted by Gasteiger charge is 2.29. The number of nitrogens with zero attached hydrogens (tertiary/aromatic N) is 3. The largest absolute Gasteiger partial charge is 0.457 e. The van der Waals surface area contributed by atoms with E-state index in [-0.39, 0.29) is 59.7 Å². The maximum atomic E-state index is 13.3. The minimum Gasteiger partial charge on any atom is -0.457 e.